The molecule has 2 aromatic carbocycles. The van der Waals surface area contributed by atoms with Crippen molar-refractivity contribution in [3.05, 3.63) is 89.9 Å². The predicted molar refractivity (Wildman–Crippen MR) is 150 cm³/mol. The minimum absolute atomic E-state index is 0.00618. The molecule has 2 N–H and O–H groups in total. The zero-order valence-corrected chi connectivity index (χ0v) is 22.6. The van der Waals surface area contributed by atoms with E-state index in [1.807, 2.05) is 73.7 Å². The smallest absolute Gasteiger partial charge is 0.257 e. The number of hydrogen-bond acceptors (Lipinski definition) is 6. The maximum atomic E-state index is 12.9. The Labute approximate surface area is 228 Å². The molecule has 0 unspecified atom stereocenters. The highest BCUT2D eigenvalue weighted by Gasteiger charge is 2.20. The first-order chi connectivity index (χ1) is 18.5. The van der Waals surface area contributed by atoms with Crippen LogP contribution in [0.15, 0.2) is 77.4 Å². The summed E-state index contributed by atoms with van der Waals surface area (Å²) in [7, 11) is 0. The van der Waals surface area contributed by atoms with Crippen LogP contribution >= 0.6 is 11.8 Å². The lowest BCUT2D eigenvalue weighted by atomic mass is 10.0. The topological polar surface area (TPSA) is 97.6 Å². The SMILES string of the molecule is Cc1ccc(OCC(=O)NCCCCC(=O)N[C@@H](CCc2ccccc2)C(=O)CSCc2ccco2)cc1. The van der Waals surface area contributed by atoms with Crippen molar-refractivity contribution in [2.45, 2.75) is 50.8 Å². The van der Waals surface area contributed by atoms with Crippen LogP contribution in [0.25, 0.3) is 0 Å². The van der Waals surface area contributed by atoms with Gasteiger partial charge in [-0.25, -0.2) is 0 Å². The van der Waals surface area contributed by atoms with E-state index in [-0.39, 0.29) is 24.2 Å². The first-order valence-electron chi connectivity index (χ1n) is 12.9. The van der Waals surface area contributed by atoms with E-state index in [9.17, 15) is 14.4 Å². The van der Waals surface area contributed by atoms with Crippen LogP contribution in [0.4, 0.5) is 0 Å². The van der Waals surface area contributed by atoms with Crippen molar-refractivity contribution < 1.29 is 23.5 Å². The molecule has 0 bridgehead atoms. The number of amides is 2. The van der Waals surface area contributed by atoms with Gasteiger partial charge in [0, 0.05) is 13.0 Å². The summed E-state index contributed by atoms with van der Waals surface area (Å²) in [6, 6.07) is 20.6. The molecule has 1 atom stereocenters. The van der Waals surface area contributed by atoms with Gasteiger partial charge in [0.05, 0.1) is 23.8 Å². The predicted octanol–water partition coefficient (Wildman–Crippen LogP) is 4.87. The molecular formula is C30H36N2O5S. The summed E-state index contributed by atoms with van der Waals surface area (Å²) in [5.41, 5.74) is 2.26. The number of aryl methyl sites for hydroxylation is 2. The number of hydrogen-bond donors (Lipinski definition) is 2. The number of thioether (sulfide) groups is 1. The van der Waals surface area contributed by atoms with Crippen LogP contribution in [0.5, 0.6) is 5.75 Å². The van der Waals surface area contributed by atoms with Gasteiger partial charge in [-0.1, -0.05) is 48.0 Å². The highest BCUT2D eigenvalue weighted by molar-refractivity contribution is 7.99. The number of furan rings is 1. The molecule has 202 valence electrons. The molecule has 0 spiro atoms. The van der Waals surface area contributed by atoms with Crippen LogP contribution in [0.1, 0.15) is 42.6 Å². The van der Waals surface area contributed by atoms with E-state index in [4.69, 9.17) is 9.15 Å². The maximum Gasteiger partial charge on any atom is 0.257 e. The van der Waals surface area contributed by atoms with Gasteiger partial charge in [0.1, 0.15) is 11.5 Å². The molecular weight excluding hydrogens is 500 g/mol. The summed E-state index contributed by atoms with van der Waals surface area (Å²) in [5.74, 6) is 2.04. The fraction of sp³-hybridized carbons (Fsp3) is 0.367. The quantitative estimate of drug-likeness (QED) is 0.239. The van der Waals surface area contributed by atoms with Crippen LogP contribution in [-0.2, 0) is 26.6 Å². The largest absolute Gasteiger partial charge is 0.484 e. The molecule has 38 heavy (non-hydrogen) atoms. The molecule has 1 aromatic heterocycles. The summed E-state index contributed by atoms with van der Waals surface area (Å²) >= 11 is 1.48. The van der Waals surface area contributed by atoms with Gasteiger partial charge in [0.25, 0.3) is 5.91 Å². The first kappa shape index (κ1) is 29.0. The van der Waals surface area contributed by atoms with Crippen molar-refractivity contribution in [1.82, 2.24) is 10.6 Å². The lowest BCUT2D eigenvalue weighted by Gasteiger charge is -2.18. The summed E-state index contributed by atoms with van der Waals surface area (Å²) in [6.45, 7) is 2.40. The molecule has 7 nitrogen and oxygen atoms in total. The van der Waals surface area contributed by atoms with Crippen LogP contribution in [-0.4, -0.2) is 42.5 Å². The number of ether oxygens (including phenoxy) is 1. The van der Waals surface area contributed by atoms with Crippen molar-refractivity contribution in [1.29, 1.82) is 0 Å². The average molecular weight is 537 g/mol. The van der Waals surface area contributed by atoms with Gasteiger partial charge in [0.2, 0.25) is 5.91 Å². The number of unbranched alkanes of at least 4 members (excludes halogenated alkanes) is 1. The van der Waals surface area contributed by atoms with E-state index in [1.165, 1.54) is 11.8 Å². The van der Waals surface area contributed by atoms with E-state index in [0.29, 0.717) is 55.9 Å². The normalized spacial score (nSPS) is 11.5. The number of ketones is 1. The average Bonchev–Trinajstić information content (AvgIpc) is 3.44. The van der Waals surface area contributed by atoms with E-state index in [2.05, 4.69) is 10.6 Å². The fourth-order valence-corrected chi connectivity index (χ4v) is 4.63. The number of rotatable bonds is 17. The van der Waals surface area contributed by atoms with Crippen molar-refractivity contribution >= 4 is 29.4 Å². The second-order valence-corrected chi connectivity index (χ2v) is 10.1. The standard InChI is InChI=1S/C30H36N2O5S/c1-23-12-15-25(16-13-23)37-20-30(35)31-18-6-5-11-29(34)32-27(17-14-24-8-3-2-4-9-24)28(33)22-38-21-26-10-7-19-36-26/h2-4,7-10,12-13,15-16,19,27H,5-6,11,14,17-18,20-22H2,1H3,(H,31,35)(H,32,34)/t27-/m0/s1. The highest BCUT2D eigenvalue weighted by atomic mass is 32.2. The molecule has 0 saturated heterocycles. The Morgan fingerprint density at radius 2 is 1.74 bits per heavy atom. The number of Topliss-reactive ketones (excluding diaryl/α,β-unsaturated/α-hetero) is 1. The van der Waals surface area contributed by atoms with Crippen LogP contribution < -0.4 is 15.4 Å². The minimum Gasteiger partial charge on any atom is -0.484 e. The number of carbonyl (C=O) groups is 3. The zero-order chi connectivity index (χ0) is 27.0. The minimum atomic E-state index is -0.537. The lowest BCUT2D eigenvalue weighted by molar-refractivity contribution is -0.126. The fourth-order valence-electron chi connectivity index (χ4n) is 3.76. The maximum absolute atomic E-state index is 12.9. The monoisotopic (exact) mass is 536 g/mol. The Hall–Kier alpha value is -3.52. The molecule has 0 fully saturated rings. The van der Waals surface area contributed by atoms with Crippen molar-refractivity contribution in [2.75, 3.05) is 18.9 Å². The van der Waals surface area contributed by atoms with E-state index >= 15 is 0 Å². The van der Waals surface area contributed by atoms with Crippen LogP contribution in [0.2, 0.25) is 0 Å². The molecule has 0 aliphatic carbocycles. The number of carbonyl (C=O) groups excluding carboxylic acids is 3. The Balaban J connectivity index is 1.35. The third kappa shape index (κ3) is 11.3. The molecule has 1 heterocycles. The van der Waals surface area contributed by atoms with E-state index in [0.717, 1.165) is 16.9 Å². The van der Waals surface area contributed by atoms with Gasteiger partial charge in [-0.15, -0.1) is 11.8 Å². The van der Waals surface area contributed by atoms with Crippen molar-refractivity contribution in [3.8, 4) is 5.75 Å². The van der Waals surface area contributed by atoms with Crippen LogP contribution in [0, 0.1) is 6.92 Å². The Morgan fingerprint density at radius 1 is 0.947 bits per heavy atom. The second kappa shape index (κ2) is 16.3. The van der Waals surface area contributed by atoms with Gasteiger partial charge >= 0.3 is 0 Å². The molecule has 0 saturated carbocycles. The highest BCUT2D eigenvalue weighted by Crippen LogP contribution is 2.15. The second-order valence-electron chi connectivity index (χ2n) is 9.09. The zero-order valence-electron chi connectivity index (χ0n) is 21.8. The molecule has 2 amide bonds. The Morgan fingerprint density at radius 3 is 2.47 bits per heavy atom. The van der Waals surface area contributed by atoms with Gasteiger partial charge in [0.15, 0.2) is 12.4 Å². The van der Waals surface area contributed by atoms with Gasteiger partial charge in [-0.2, -0.15) is 0 Å². The third-order valence-electron chi connectivity index (χ3n) is 5.90. The summed E-state index contributed by atoms with van der Waals surface area (Å²) < 4.78 is 10.8. The Bertz CT molecular complexity index is 1120. The molecule has 8 heteroatoms. The summed E-state index contributed by atoms with van der Waals surface area (Å²) in [5, 5.41) is 5.75. The van der Waals surface area contributed by atoms with Gasteiger partial charge < -0.3 is 19.8 Å². The molecule has 3 rings (SSSR count). The first-order valence-corrected chi connectivity index (χ1v) is 14.1. The van der Waals surface area contributed by atoms with Crippen molar-refractivity contribution in [2.24, 2.45) is 0 Å². The third-order valence-corrected chi connectivity index (χ3v) is 6.88. The lowest BCUT2D eigenvalue weighted by Crippen LogP contribution is -2.42. The van der Waals surface area contributed by atoms with Crippen molar-refractivity contribution in [3.63, 3.8) is 0 Å². The van der Waals surface area contributed by atoms with Crippen LogP contribution in [0.3, 0.4) is 0 Å². The van der Waals surface area contributed by atoms with E-state index in [1.54, 1.807) is 6.26 Å². The summed E-state index contributed by atoms with van der Waals surface area (Å²) in [6.07, 6.45) is 4.43. The molecule has 0 radical (unpaired) electrons. The number of benzene rings is 2. The van der Waals surface area contributed by atoms with Gasteiger partial charge in [-0.3, -0.25) is 14.4 Å². The Kier molecular flexibility index (Phi) is 12.5. The molecule has 0 aliphatic rings. The number of nitrogens with one attached hydrogen (secondary N) is 2. The molecule has 0 aliphatic heterocycles. The molecule has 3 aromatic rings. The van der Waals surface area contributed by atoms with E-state index < -0.39 is 6.04 Å². The van der Waals surface area contributed by atoms with Gasteiger partial charge in [-0.05, 0) is 62.4 Å². The summed E-state index contributed by atoms with van der Waals surface area (Å²) in [4.78, 5) is 37.5.